The summed E-state index contributed by atoms with van der Waals surface area (Å²) in [6.07, 6.45) is 1.66. The molecule has 0 bridgehead atoms. The number of carbonyl (C=O) groups is 1. The average Bonchev–Trinajstić information content (AvgIpc) is 2.58. The second-order valence-electron chi connectivity index (χ2n) is 2.38. The zero-order valence-corrected chi connectivity index (χ0v) is 7.63. The molecule has 1 unspecified atom stereocenters. The minimum absolute atomic E-state index is 0.0131. The molecule has 1 aromatic rings. The average molecular weight is 202 g/mol. The number of aromatic nitrogens is 1. The molecule has 1 fully saturated rings. The lowest BCUT2D eigenvalue weighted by Crippen LogP contribution is -2.16. The third-order valence-electron chi connectivity index (χ3n) is 1.56. The highest BCUT2D eigenvalue weighted by Gasteiger charge is 2.24. The van der Waals surface area contributed by atoms with Gasteiger partial charge in [-0.1, -0.05) is 23.1 Å². The fourth-order valence-electron chi connectivity index (χ4n) is 1.01. The van der Waals surface area contributed by atoms with Gasteiger partial charge in [-0.25, -0.2) is 0 Å². The topological polar surface area (TPSA) is 62.0 Å². The normalized spacial score (nSPS) is 22.7. The quantitative estimate of drug-likeness (QED) is 0.712. The fourth-order valence-corrected chi connectivity index (χ4v) is 2.65. The van der Waals surface area contributed by atoms with E-state index in [9.17, 15) is 9.59 Å². The molecule has 12 heavy (non-hydrogen) atoms. The van der Waals surface area contributed by atoms with Gasteiger partial charge in [0.2, 0.25) is 0 Å². The van der Waals surface area contributed by atoms with E-state index in [2.05, 4.69) is 10.3 Å². The first-order valence-electron chi connectivity index (χ1n) is 3.37. The molecule has 4 nitrogen and oxygen atoms in total. The van der Waals surface area contributed by atoms with E-state index in [0.29, 0.717) is 5.75 Å². The number of H-pyrrole nitrogens is 1. The predicted molar refractivity (Wildman–Crippen MR) is 48.7 cm³/mol. The molecule has 1 saturated heterocycles. The van der Waals surface area contributed by atoms with Crippen molar-refractivity contribution < 1.29 is 4.79 Å². The molecule has 0 spiro atoms. The van der Waals surface area contributed by atoms with Gasteiger partial charge >= 0.3 is 4.87 Å². The lowest BCUT2D eigenvalue weighted by molar-refractivity contribution is 0.260. The molecule has 1 amide bonds. The second-order valence-corrected chi connectivity index (χ2v) is 4.42. The predicted octanol–water partition coefficient (Wildman–Crippen LogP) is 0.934. The summed E-state index contributed by atoms with van der Waals surface area (Å²) < 4.78 is 0. The van der Waals surface area contributed by atoms with Gasteiger partial charge in [0.1, 0.15) is 0 Å². The highest BCUT2D eigenvalue weighted by atomic mass is 32.2. The SMILES string of the molecule is O=C1NC(c2c[nH]c(=O)s2)CS1. The number of carbonyl (C=O) groups excluding carboxylic acids is 1. The zero-order valence-electron chi connectivity index (χ0n) is 5.99. The van der Waals surface area contributed by atoms with Gasteiger partial charge in [0.15, 0.2) is 0 Å². The first-order valence-corrected chi connectivity index (χ1v) is 5.17. The lowest BCUT2D eigenvalue weighted by Gasteiger charge is -2.02. The summed E-state index contributed by atoms with van der Waals surface area (Å²) in [6, 6.07) is 0.0199. The largest absolute Gasteiger partial charge is 0.338 e. The monoisotopic (exact) mass is 202 g/mol. The molecule has 0 aromatic carbocycles. The minimum atomic E-state index is -0.0730. The van der Waals surface area contributed by atoms with Crippen LogP contribution in [-0.2, 0) is 0 Å². The Kier molecular flexibility index (Phi) is 1.93. The van der Waals surface area contributed by atoms with Gasteiger partial charge < -0.3 is 10.3 Å². The van der Waals surface area contributed by atoms with Crippen LogP contribution in [0.25, 0.3) is 0 Å². The number of hydrogen-bond donors (Lipinski definition) is 2. The summed E-state index contributed by atoms with van der Waals surface area (Å²) in [6.45, 7) is 0. The summed E-state index contributed by atoms with van der Waals surface area (Å²) in [5.41, 5.74) is 0. The molecule has 1 aliphatic heterocycles. The molecule has 2 N–H and O–H groups in total. The first kappa shape index (κ1) is 7.88. The van der Waals surface area contributed by atoms with Crippen LogP contribution in [-0.4, -0.2) is 16.0 Å². The van der Waals surface area contributed by atoms with Crippen molar-refractivity contribution in [2.24, 2.45) is 0 Å². The Labute approximate surface area is 76.4 Å². The molecule has 2 heterocycles. The number of rotatable bonds is 1. The van der Waals surface area contributed by atoms with E-state index >= 15 is 0 Å². The van der Waals surface area contributed by atoms with Crippen LogP contribution in [0, 0.1) is 0 Å². The van der Waals surface area contributed by atoms with E-state index in [-0.39, 0.29) is 16.2 Å². The van der Waals surface area contributed by atoms with Crippen molar-refractivity contribution in [3.05, 3.63) is 20.7 Å². The molecule has 2 rings (SSSR count). The van der Waals surface area contributed by atoms with Crippen molar-refractivity contribution in [1.82, 2.24) is 10.3 Å². The van der Waals surface area contributed by atoms with Gasteiger partial charge in [-0.05, 0) is 0 Å². The highest BCUT2D eigenvalue weighted by molar-refractivity contribution is 8.13. The Morgan fingerprint density at radius 3 is 2.83 bits per heavy atom. The van der Waals surface area contributed by atoms with Crippen molar-refractivity contribution >= 4 is 28.3 Å². The van der Waals surface area contributed by atoms with Crippen LogP contribution in [0.2, 0.25) is 0 Å². The number of thiazole rings is 1. The smallest absolute Gasteiger partial charge is 0.304 e. The van der Waals surface area contributed by atoms with Crippen LogP contribution in [0.1, 0.15) is 10.9 Å². The van der Waals surface area contributed by atoms with E-state index in [1.165, 1.54) is 11.8 Å². The summed E-state index contributed by atoms with van der Waals surface area (Å²) >= 11 is 2.40. The van der Waals surface area contributed by atoms with Crippen LogP contribution in [0.4, 0.5) is 4.79 Å². The summed E-state index contributed by atoms with van der Waals surface area (Å²) in [5, 5.41) is 2.75. The maximum atomic E-state index is 10.8. The van der Waals surface area contributed by atoms with Crippen LogP contribution in [0.3, 0.4) is 0 Å². The maximum absolute atomic E-state index is 10.8. The van der Waals surface area contributed by atoms with Gasteiger partial charge in [-0.15, -0.1) is 0 Å². The summed E-state index contributed by atoms with van der Waals surface area (Å²) in [4.78, 5) is 25.0. The van der Waals surface area contributed by atoms with Crippen LogP contribution >= 0.6 is 23.1 Å². The molecule has 0 radical (unpaired) electrons. The Morgan fingerprint density at radius 2 is 2.33 bits per heavy atom. The Morgan fingerprint density at radius 1 is 1.50 bits per heavy atom. The number of hydrogen-bond acceptors (Lipinski definition) is 4. The van der Waals surface area contributed by atoms with E-state index in [1.807, 2.05) is 0 Å². The molecule has 1 aliphatic rings. The molecule has 1 aromatic heterocycles. The molecular formula is C6H6N2O2S2. The standard InChI is InChI=1S/C6H6N2O2S2/c9-5-7-1-4(12-5)3-2-11-6(10)8-3/h1,3H,2H2,(H,7,9)(H,8,10). The van der Waals surface area contributed by atoms with E-state index in [1.54, 1.807) is 6.20 Å². The molecule has 0 aliphatic carbocycles. The first-order chi connectivity index (χ1) is 5.75. The number of thioether (sulfide) groups is 1. The third-order valence-corrected chi connectivity index (χ3v) is 3.38. The summed E-state index contributed by atoms with van der Waals surface area (Å²) in [7, 11) is 0. The minimum Gasteiger partial charge on any atom is -0.338 e. The Balaban J connectivity index is 2.21. The molecule has 6 heteroatoms. The van der Waals surface area contributed by atoms with Crippen LogP contribution in [0.15, 0.2) is 11.0 Å². The number of aromatic amines is 1. The molecule has 0 saturated carbocycles. The van der Waals surface area contributed by atoms with Gasteiger partial charge in [0.25, 0.3) is 5.24 Å². The Hall–Kier alpha value is -0.750. The van der Waals surface area contributed by atoms with Crippen molar-refractivity contribution in [1.29, 1.82) is 0 Å². The van der Waals surface area contributed by atoms with Crippen molar-refractivity contribution in [2.45, 2.75) is 6.04 Å². The number of amides is 1. The van der Waals surface area contributed by atoms with E-state index < -0.39 is 0 Å². The van der Waals surface area contributed by atoms with Gasteiger partial charge in [-0.3, -0.25) is 9.59 Å². The van der Waals surface area contributed by atoms with Crippen LogP contribution < -0.4 is 10.2 Å². The summed E-state index contributed by atoms with van der Waals surface area (Å²) in [5.74, 6) is 0.715. The highest BCUT2D eigenvalue weighted by Crippen LogP contribution is 2.26. The maximum Gasteiger partial charge on any atom is 0.304 e. The molecular weight excluding hydrogens is 196 g/mol. The van der Waals surface area contributed by atoms with Crippen molar-refractivity contribution in [3.63, 3.8) is 0 Å². The van der Waals surface area contributed by atoms with Gasteiger partial charge in [0, 0.05) is 16.8 Å². The van der Waals surface area contributed by atoms with Crippen molar-refractivity contribution in [3.8, 4) is 0 Å². The van der Waals surface area contributed by atoms with E-state index in [4.69, 9.17) is 0 Å². The van der Waals surface area contributed by atoms with Crippen molar-refractivity contribution in [2.75, 3.05) is 5.75 Å². The second kappa shape index (κ2) is 2.95. The van der Waals surface area contributed by atoms with E-state index in [0.717, 1.165) is 16.2 Å². The zero-order chi connectivity index (χ0) is 8.55. The number of nitrogens with one attached hydrogen (secondary N) is 2. The van der Waals surface area contributed by atoms with Crippen LogP contribution in [0.5, 0.6) is 0 Å². The third kappa shape index (κ3) is 1.39. The molecule has 64 valence electrons. The van der Waals surface area contributed by atoms with Gasteiger partial charge in [0.05, 0.1) is 6.04 Å². The van der Waals surface area contributed by atoms with Gasteiger partial charge in [-0.2, -0.15) is 0 Å². The Bertz CT molecular complexity index is 356. The lowest BCUT2D eigenvalue weighted by atomic mass is 10.3. The molecule has 1 atom stereocenters. The fraction of sp³-hybridized carbons (Fsp3) is 0.333.